The zero-order valence-electron chi connectivity index (χ0n) is 14.3. The van der Waals surface area contributed by atoms with Crippen LogP contribution in [0.4, 0.5) is 14.9 Å². The van der Waals surface area contributed by atoms with Crippen molar-refractivity contribution in [3.63, 3.8) is 0 Å². The summed E-state index contributed by atoms with van der Waals surface area (Å²) in [6, 6.07) is 1.81. The van der Waals surface area contributed by atoms with E-state index in [1.165, 1.54) is 29.2 Å². The van der Waals surface area contributed by atoms with E-state index < -0.39 is 23.4 Å². The number of carbonyl (C=O) groups excluding carboxylic acids is 1. The average molecular weight is 405 g/mol. The lowest BCUT2D eigenvalue weighted by Crippen LogP contribution is -2.35. The molecule has 2 amide bonds. The first kappa shape index (κ1) is 20.3. The number of amides is 2. The van der Waals surface area contributed by atoms with Crippen molar-refractivity contribution in [2.45, 2.75) is 18.9 Å². The Morgan fingerprint density at radius 3 is 2.81 bits per heavy atom. The number of anilines is 1. The standard InChI is InChI=1S/C15H18ClFN4O4S/c1-15(13(22)23)6-12(20-25-15)8-4-11(10(17)5-9(8)16)19-14(24)21(3)26-7-18-2/h4-5,18H,6-7H2,1-3H3,(H,19,24)(H,22,23). The monoisotopic (exact) mass is 404 g/mol. The molecule has 0 saturated carbocycles. The fraction of sp³-hybridized carbons (Fsp3) is 0.400. The molecule has 0 radical (unpaired) electrons. The van der Waals surface area contributed by atoms with Gasteiger partial charge in [0.25, 0.3) is 0 Å². The van der Waals surface area contributed by atoms with Crippen molar-refractivity contribution in [2.75, 3.05) is 25.3 Å². The number of benzene rings is 1. The molecule has 1 atom stereocenters. The van der Waals surface area contributed by atoms with Crippen LogP contribution in [0.2, 0.25) is 5.02 Å². The Labute approximate surface area is 158 Å². The van der Waals surface area contributed by atoms with E-state index in [1.807, 2.05) is 0 Å². The van der Waals surface area contributed by atoms with Crippen LogP contribution in [-0.2, 0) is 9.63 Å². The molecular weight excluding hydrogens is 387 g/mol. The Bertz CT molecular complexity index is 763. The number of urea groups is 1. The van der Waals surface area contributed by atoms with Crippen molar-refractivity contribution < 1.29 is 23.9 Å². The number of nitrogens with zero attached hydrogens (tertiary/aromatic N) is 2. The van der Waals surface area contributed by atoms with E-state index in [9.17, 15) is 19.1 Å². The van der Waals surface area contributed by atoms with Gasteiger partial charge in [-0.05, 0) is 38.1 Å². The third kappa shape index (κ3) is 4.37. The van der Waals surface area contributed by atoms with Crippen LogP contribution in [0.1, 0.15) is 18.9 Å². The summed E-state index contributed by atoms with van der Waals surface area (Å²) in [6.45, 7) is 1.37. The first-order valence-electron chi connectivity index (χ1n) is 7.48. The Hall–Kier alpha value is -2.04. The number of carbonyl (C=O) groups is 2. The summed E-state index contributed by atoms with van der Waals surface area (Å²) in [5.74, 6) is -1.40. The van der Waals surface area contributed by atoms with Gasteiger partial charge < -0.3 is 20.6 Å². The minimum Gasteiger partial charge on any atom is -0.478 e. The van der Waals surface area contributed by atoms with Crippen LogP contribution in [-0.4, -0.2) is 52.7 Å². The van der Waals surface area contributed by atoms with Gasteiger partial charge in [0, 0.05) is 19.0 Å². The molecule has 1 aromatic rings. The highest BCUT2D eigenvalue weighted by molar-refractivity contribution is 7.97. The molecule has 0 saturated heterocycles. The molecular formula is C15H18ClFN4O4S. The van der Waals surface area contributed by atoms with E-state index in [-0.39, 0.29) is 22.8 Å². The summed E-state index contributed by atoms with van der Waals surface area (Å²) in [7, 11) is 3.28. The molecule has 0 aliphatic carbocycles. The van der Waals surface area contributed by atoms with Gasteiger partial charge in [0.05, 0.1) is 22.3 Å². The smallest absolute Gasteiger partial charge is 0.351 e. The SMILES string of the molecule is CNCSN(C)C(=O)Nc1cc(C2=NOC(C)(C(=O)O)C2)c(Cl)cc1F. The molecule has 0 bridgehead atoms. The van der Waals surface area contributed by atoms with Crippen molar-refractivity contribution in [1.29, 1.82) is 0 Å². The molecule has 8 nitrogen and oxygen atoms in total. The topological polar surface area (TPSA) is 103 Å². The number of aliphatic carboxylic acids is 1. The Morgan fingerprint density at radius 2 is 2.23 bits per heavy atom. The predicted octanol–water partition coefficient (Wildman–Crippen LogP) is 2.74. The second-order valence-corrected chi connectivity index (χ2v) is 7.21. The summed E-state index contributed by atoms with van der Waals surface area (Å²) in [4.78, 5) is 28.4. The van der Waals surface area contributed by atoms with Crippen molar-refractivity contribution >= 4 is 46.9 Å². The van der Waals surface area contributed by atoms with Crippen molar-refractivity contribution in [2.24, 2.45) is 5.16 Å². The number of carboxylic acids is 1. The summed E-state index contributed by atoms with van der Waals surface area (Å²) < 4.78 is 15.5. The summed E-state index contributed by atoms with van der Waals surface area (Å²) in [5, 5.41) is 18.3. The van der Waals surface area contributed by atoms with E-state index in [1.54, 1.807) is 14.1 Å². The second kappa shape index (κ2) is 8.11. The zero-order chi connectivity index (χ0) is 19.5. The van der Waals surface area contributed by atoms with Crippen LogP contribution in [0.25, 0.3) is 0 Å². The maximum absolute atomic E-state index is 14.2. The zero-order valence-corrected chi connectivity index (χ0v) is 15.9. The Kier molecular flexibility index (Phi) is 6.32. The molecule has 3 N–H and O–H groups in total. The summed E-state index contributed by atoms with van der Waals surface area (Å²) in [6.07, 6.45) is -0.0427. The number of rotatable bonds is 6. The minimum atomic E-state index is -1.51. The second-order valence-electron chi connectivity index (χ2n) is 5.71. The number of hydrogen-bond acceptors (Lipinski definition) is 6. The lowest BCUT2D eigenvalue weighted by molar-refractivity contribution is -0.160. The van der Waals surface area contributed by atoms with Crippen molar-refractivity contribution in [1.82, 2.24) is 9.62 Å². The molecule has 0 fully saturated rings. The molecule has 26 heavy (non-hydrogen) atoms. The van der Waals surface area contributed by atoms with E-state index in [2.05, 4.69) is 15.8 Å². The number of nitrogens with one attached hydrogen (secondary N) is 2. The van der Waals surface area contributed by atoms with Gasteiger partial charge in [0.2, 0.25) is 5.60 Å². The van der Waals surface area contributed by atoms with Gasteiger partial charge in [-0.25, -0.2) is 14.0 Å². The number of carboxylic acid groups (broad SMARTS) is 1. The molecule has 1 aliphatic rings. The molecule has 0 aromatic heterocycles. The van der Waals surface area contributed by atoms with Gasteiger partial charge in [-0.3, -0.25) is 4.31 Å². The highest BCUT2D eigenvalue weighted by Gasteiger charge is 2.42. The predicted molar refractivity (Wildman–Crippen MR) is 98.0 cm³/mol. The fourth-order valence-corrected chi connectivity index (χ4v) is 2.82. The lowest BCUT2D eigenvalue weighted by Gasteiger charge is -2.17. The van der Waals surface area contributed by atoms with Gasteiger partial charge in [0.1, 0.15) is 5.82 Å². The van der Waals surface area contributed by atoms with Crippen LogP contribution in [0.3, 0.4) is 0 Å². The molecule has 2 rings (SSSR count). The van der Waals surface area contributed by atoms with Crippen LogP contribution in [0.5, 0.6) is 0 Å². The third-order valence-corrected chi connectivity index (χ3v) is 4.90. The van der Waals surface area contributed by atoms with Gasteiger partial charge in [-0.15, -0.1) is 0 Å². The summed E-state index contributed by atoms with van der Waals surface area (Å²) >= 11 is 7.26. The van der Waals surface area contributed by atoms with E-state index in [0.29, 0.717) is 11.4 Å². The van der Waals surface area contributed by atoms with Crippen LogP contribution in [0.15, 0.2) is 17.3 Å². The van der Waals surface area contributed by atoms with Gasteiger partial charge in [-0.2, -0.15) is 0 Å². The molecule has 1 aliphatic heterocycles. The first-order valence-corrected chi connectivity index (χ1v) is 8.80. The Morgan fingerprint density at radius 1 is 1.54 bits per heavy atom. The van der Waals surface area contributed by atoms with E-state index >= 15 is 0 Å². The van der Waals surface area contributed by atoms with Gasteiger partial charge in [0.15, 0.2) is 0 Å². The highest BCUT2D eigenvalue weighted by atomic mass is 35.5. The minimum absolute atomic E-state index is 0.0374. The van der Waals surface area contributed by atoms with Crippen LogP contribution < -0.4 is 10.6 Å². The quantitative estimate of drug-likeness (QED) is 0.497. The van der Waals surface area contributed by atoms with Crippen molar-refractivity contribution in [3.8, 4) is 0 Å². The molecule has 142 valence electrons. The molecule has 1 heterocycles. The third-order valence-electron chi connectivity index (χ3n) is 3.61. The number of halogens is 2. The van der Waals surface area contributed by atoms with Gasteiger partial charge in [-0.1, -0.05) is 16.8 Å². The normalized spacial score (nSPS) is 18.9. The van der Waals surface area contributed by atoms with Crippen LogP contribution >= 0.6 is 23.5 Å². The first-order chi connectivity index (χ1) is 12.2. The number of hydrogen-bond donors (Lipinski definition) is 3. The van der Waals surface area contributed by atoms with E-state index in [0.717, 1.165) is 6.07 Å². The molecule has 11 heteroatoms. The number of oxime groups is 1. The molecule has 0 spiro atoms. The maximum Gasteiger partial charge on any atom is 0.351 e. The molecule has 1 aromatic carbocycles. The molecule has 1 unspecified atom stereocenters. The Balaban J connectivity index is 2.22. The van der Waals surface area contributed by atoms with Crippen molar-refractivity contribution in [3.05, 3.63) is 28.5 Å². The maximum atomic E-state index is 14.2. The largest absolute Gasteiger partial charge is 0.478 e. The lowest BCUT2D eigenvalue weighted by atomic mass is 9.96. The van der Waals surface area contributed by atoms with Crippen LogP contribution in [0, 0.1) is 5.82 Å². The summed E-state index contributed by atoms with van der Waals surface area (Å²) in [5.41, 5.74) is -1.06. The highest BCUT2D eigenvalue weighted by Crippen LogP contribution is 2.32. The fourth-order valence-electron chi connectivity index (χ4n) is 2.08. The van der Waals surface area contributed by atoms with E-state index in [4.69, 9.17) is 16.4 Å². The van der Waals surface area contributed by atoms with Gasteiger partial charge >= 0.3 is 12.0 Å². The average Bonchev–Trinajstić information content (AvgIpc) is 2.98.